The van der Waals surface area contributed by atoms with Crippen LogP contribution in [0.15, 0.2) is 40.8 Å². The Morgan fingerprint density at radius 2 is 1.37 bits per heavy atom. The second-order valence-corrected chi connectivity index (χ2v) is 5.54. The Balaban J connectivity index is 2.78. The van der Waals surface area contributed by atoms with Gasteiger partial charge < -0.3 is 5.32 Å². The van der Waals surface area contributed by atoms with Gasteiger partial charge in [-0.15, -0.1) is 0 Å². The molecule has 0 bridgehead atoms. The molecule has 0 spiro atoms. The molecular weight excluding hydrogens is 312 g/mol. The largest absolute Gasteiger partial charge is 0.446 e. The highest BCUT2D eigenvalue weighted by Crippen LogP contribution is 2.47. The summed E-state index contributed by atoms with van der Waals surface area (Å²) in [7, 11) is 0. The summed E-state index contributed by atoms with van der Waals surface area (Å²) in [5.41, 5.74) is -9.16. The highest BCUT2D eigenvalue weighted by molar-refractivity contribution is 8.23. The number of nitrogens with one attached hydrogen (secondary N) is 1. The van der Waals surface area contributed by atoms with E-state index in [0.29, 0.717) is 11.9 Å². The van der Waals surface area contributed by atoms with Crippen LogP contribution in [0.2, 0.25) is 0 Å². The van der Waals surface area contributed by atoms with Crippen LogP contribution in [-0.2, 0) is 0 Å². The van der Waals surface area contributed by atoms with Crippen molar-refractivity contribution in [2.24, 2.45) is 0 Å². The van der Waals surface area contributed by atoms with E-state index in [2.05, 4.69) is 5.32 Å². The molecule has 9 heteroatoms. The predicted octanol–water partition coefficient (Wildman–Crippen LogP) is 5.40. The van der Waals surface area contributed by atoms with Crippen LogP contribution < -0.4 is 5.32 Å². The monoisotopic (exact) mass is 319 g/mol. The minimum absolute atomic E-state index is 0.394. The van der Waals surface area contributed by atoms with Crippen molar-refractivity contribution in [2.75, 3.05) is 5.32 Å². The number of rotatable bonds is 4. The number of benzene rings is 1. The van der Waals surface area contributed by atoms with E-state index in [1.54, 1.807) is 18.2 Å². The zero-order chi connectivity index (χ0) is 14.5. The van der Waals surface area contributed by atoms with Crippen molar-refractivity contribution in [3.8, 4) is 0 Å². The van der Waals surface area contributed by atoms with Crippen molar-refractivity contribution < 1.29 is 26.3 Å². The minimum Gasteiger partial charge on any atom is -0.360 e. The van der Waals surface area contributed by atoms with Gasteiger partial charge in [-0.3, -0.25) is 0 Å². The average Bonchev–Trinajstić information content (AvgIpc) is 2.23. The molecule has 0 amide bonds. The fourth-order valence-electron chi connectivity index (χ4n) is 0.985. The van der Waals surface area contributed by atoms with E-state index >= 15 is 0 Å². The minimum atomic E-state index is -4.78. The fourth-order valence-corrected chi connectivity index (χ4v) is 2.41. The highest BCUT2D eigenvalue weighted by atomic mass is 32.2. The molecule has 0 fully saturated rings. The summed E-state index contributed by atoms with van der Waals surface area (Å²) in [6.07, 6.45) is 0.686. The molecule has 0 saturated heterocycles. The van der Waals surface area contributed by atoms with E-state index in [1.165, 1.54) is 12.1 Å². The van der Waals surface area contributed by atoms with Gasteiger partial charge in [0.1, 0.15) is 0 Å². The number of hydrogen-bond acceptors (Lipinski definition) is 3. The van der Waals surface area contributed by atoms with Gasteiger partial charge in [0.2, 0.25) is 0 Å². The first-order chi connectivity index (χ1) is 8.66. The van der Waals surface area contributed by atoms with Crippen molar-refractivity contribution in [1.82, 2.24) is 0 Å². The van der Waals surface area contributed by atoms with E-state index in [1.807, 2.05) is 0 Å². The molecule has 1 aromatic carbocycles. The molecule has 0 aromatic heterocycles. The molecular formula is C10H7F6NS2. The lowest BCUT2D eigenvalue weighted by Gasteiger charge is -2.12. The van der Waals surface area contributed by atoms with Crippen molar-refractivity contribution in [2.45, 2.75) is 11.0 Å². The van der Waals surface area contributed by atoms with Crippen molar-refractivity contribution >= 4 is 29.2 Å². The predicted molar refractivity (Wildman–Crippen MR) is 65.4 cm³/mol. The maximum Gasteiger partial charge on any atom is 0.446 e. The van der Waals surface area contributed by atoms with Crippen molar-refractivity contribution in [3.63, 3.8) is 0 Å². The lowest BCUT2D eigenvalue weighted by molar-refractivity contribution is -0.0328. The van der Waals surface area contributed by atoms with Gasteiger partial charge in [-0.05, 0) is 35.7 Å². The molecule has 0 aliphatic heterocycles. The number of hydrogen-bond donors (Lipinski definition) is 1. The molecule has 0 unspecified atom stereocenters. The molecule has 1 N–H and O–H groups in total. The lowest BCUT2D eigenvalue weighted by Crippen LogP contribution is -2.05. The van der Waals surface area contributed by atoms with Crippen molar-refractivity contribution in [3.05, 3.63) is 40.8 Å². The first-order valence-electron chi connectivity index (χ1n) is 4.69. The van der Waals surface area contributed by atoms with Crippen LogP contribution in [0.1, 0.15) is 0 Å². The topological polar surface area (TPSA) is 12.0 Å². The van der Waals surface area contributed by atoms with E-state index in [9.17, 15) is 26.3 Å². The Morgan fingerprint density at radius 3 is 1.79 bits per heavy atom. The summed E-state index contributed by atoms with van der Waals surface area (Å²) < 4.78 is 71.8. The summed E-state index contributed by atoms with van der Waals surface area (Å²) in [6, 6.07) is 7.91. The van der Waals surface area contributed by atoms with Gasteiger partial charge >= 0.3 is 11.0 Å². The molecule has 106 valence electrons. The van der Waals surface area contributed by atoms with Gasteiger partial charge in [-0.2, -0.15) is 26.3 Å². The SMILES string of the molecule is FC(F)(F)SC(=CNc1ccccc1)SC(F)(F)F. The van der Waals surface area contributed by atoms with Crippen LogP contribution in [0.3, 0.4) is 0 Å². The summed E-state index contributed by atoms with van der Waals surface area (Å²) in [6.45, 7) is 0. The van der Waals surface area contributed by atoms with Gasteiger partial charge in [0.05, 0.1) is 4.24 Å². The van der Waals surface area contributed by atoms with Gasteiger partial charge in [0.15, 0.2) is 0 Å². The average molecular weight is 319 g/mol. The maximum atomic E-state index is 12.1. The molecule has 0 radical (unpaired) electrons. The van der Waals surface area contributed by atoms with Crippen LogP contribution in [0.25, 0.3) is 0 Å². The normalized spacial score (nSPS) is 12.1. The van der Waals surface area contributed by atoms with Crippen LogP contribution in [0.4, 0.5) is 32.0 Å². The van der Waals surface area contributed by atoms with Crippen LogP contribution in [0.5, 0.6) is 0 Å². The van der Waals surface area contributed by atoms with Crippen LogP contribution >= 0.6 is 23.5 Å². The second-order valence-electron chi connectivity index (χ2n) is 3.07. The first-order valence-corrected chi connectivity index (χ1v) is 6.32. The van der Waals surface area contributed by atoms with E-state index in [4.69, 9.17) is 0 Å². The molecule has 1 nitrogen and oxygen atoms in total. The molecule has 0 saturated carbocycles. The smallest absolute Gasteiger partial charge is 0.360 e. The van der Waals surface area contributed by atoms with Crippen LogP contribution in [0, 0.1) is 0 Å². The summed E-state index contributed by atoms with van der Waals surface area (Å²) in [5, 5.41) is 2.39. The second kappa shape index (κ2) is 6.47. The fraction of sp³-hybridized carbons (Fsp3) is 0.200. The first kappa shape index (κ1) is 16.1. The van der Waals surface area contributed by atoms with E-state index in [-0.39, 0.29) is 0 Å². The zero-order valence-corrected chi connectivity index (χ0v) is 10.7. The van der Waals surface area contributed by atoms with Gasteiger partial charge in [-0.1, -0.05) is 18.2 Å². The Morgan fingerprint density at radius 1 is 0.895 bits per heavy atom. The third kappa shape index (κ3) is 7.93. The number of para-hydroxylation sites is 1. The molecule has 0 aliphatic carbocycles. The standard InChI is InChI=1S/C10H7F6NS2/c11-9(12,13)18-8(19-10(14,15)16)6-17-7-4-2-1-3-5-7/h1-6,17H. The lowest BCUT2D eigenvalue weighted by atomic mass is 10.3. The third-order valence-electron chi connectivity index (χ3n) is 1.56. The Bertz CT molecular complexity index is 408. The summed E-state index contributed by atoms with van der Waals surface area (Å²) >= 11 is -1.62. The van der Waals surface area contributed by atoms with Gasteiger partial charge in [-0.25, -0.2) is 0 Å². The molecule has 1 aromatic rings. The summed E-state index contributed by atoms with van der Waals surface area (Å²) in [4.78, 5) is 0. The highest BCUT2D eigenvalue weighted by Gasteiger charge is 2.37. The number of anilines is 1. The quantitative estimate of drug-likeness (QED) is 0.746. The molecule has 1 rings (SSSR count). The van der Waals surface area contributed by atoms with Crippen molar-refractivity contribution in [1.29, 1.82) is 0 Å². The molecule has 0 aliphatic rings. The number of alkyl halides is 6. The number of halogens is 6. The summed E-state index contributed by atoms with van der Waals surface area (Å²) in [5.74, 6) is 0. The number of thioether (sulfide) groups is 2. The Hall–Kier alpha value is -0.960. The van der Waals surface area contributed by atoms with Crippen LogP contribution in [-0.4, -0.2) is 11.0 Å². The Labute approximate surface area is 113 Å². The van der Waals surface area contributed by atoms with Gasteiger partial charge in [0, 0.05) is 11.9 Å². The third-order valence-corrected chi connectivity index (χ3v) is 3.16. The zero-order valence-electron chi connectivity index (χ0n) is 9.05. The Kier molecular flexibility index (Phi) is 5.48. The van der Waals surface area contributed by atoms with Gasteiger partial charge in [0.25, 0.3) is 0 Å². The molecule has 19 heavy (non-hydrogen) atoms. The molecule has 0 atom stereocenters. The van der Waals surface area contributed by atoms with E-state index in [0.717, 1.165) is 0 Å². The maximum absolute atomic E-state index is 12.1. The molecule has 0 heterocycles. The van der Waals surface area contributed by atoms with E-state index < -0.39 is 38.8 Å².